The number of Topliss-reactive ketones (excluding diaryl/α,β-unsaturated/α-hetero) is 1. The smallest absolute Gasteiger partial charge is 0.167 e. The highest BCUT2D eigenvalue weighted by molar-refractivity contribution is 5.99. The lowest BCUT2D eigenvalue weighted by molar-refractivity contribution is -0.125. The highest BCUT2D eigenvalue weighted by atomic mass is 16.3. The molecule has 0 amide bonds. The Kier molecular flexibility index (Phi) is 4.51. The highest BCUT2D eigenvalue weighted by Crippen LogP contribution is 2.61. The number of rotatable bonds is 2. The van der Waals surface area contributed by atoms with E-state index in [-0.39, 0.29) is 34.2 Å². The van der Waals surface area contributed by atoms with E-state index in [0.29, 0.717) is 11.5 Å². The Hall–Kier alpha value is -1.35. The van der Waals surface area contributed by atoms with Crippen molar-refractivity contribution in [2.45, 2.75) is 66.4 Å². The largest absolute Gasteiger partial charge is 0.508 e. The molecule has 3 nitrogen and oxygen atoms in total. The number of hydrogen-bond acceptors (Lipinski definition) is 3. The van der Waals surface area contributed by atoms with Gasteiger partial charge in [-0.15, -0.1) is 0 Å². The van der Waals surface area contributed by atoms with E-state index in [1.54, 1.807) is 12.1 Å². The summed E-state index contributed by atoms with van der Waals surface area (Å²) in [6.45, 7) is 10.8. The Morgan fingerprint density at radius 3 is 2.48 bits per heavy atom. The second-order valence-corrected chi connectivity index (χ2v) is 9.46. The van der Waals surface area contributed by atoms with Crippen molar-refractivity contribution >= 4 is 5.78 Å². The van der Waals surface area contributed by atoms with Crippen molar-refractivity contribution in [3.05, 3.63) is 29.3 Å². The molecule has 3 heteroatoms. The van der Waals surface area contributed by atoms with Gasteiger partial charge in [0.05, 0.1) is 6.10 Å². The molecule has 3 rings (SSSR count). The van der Waals surface area contributed by atoms with Crippen LogP contribution in [-0.2, 0) is 0 Å². The lowest BCUT2D eigenvalue weighted by atomic mass is 9.45. The van der Waals surface area contributed by atoms with Gasteiger partial charge >= 0.3 is 0 Å². The maximum Gasteiger partial charge on any atom is 0.167 e. The molecular weight excluding hydrogens is 312 g/mol. The summed E-state index contributed by atoms with van der Waals surface area (Å²) in [5, 5.41) is 20.7. The minimum Gasteiger partial charge on any atom is -0.508 e. The van der Waals surface area contributed by atoms with E-state index in [9.17, 15) is 15.0 Å². The average Bonchev–Trinajstić information content (AvgIpc) is 2.48. The number of hydrogen-bond donors (Lipinski definition) is 2. The molecule has 0 spiro atoms. The van der Waals surface area contributed by atoms with Gasteiger partial charge in [0, 0.05) is 11.5 Å². The van der Waals surface area contributed by atoms with Crippen LogP contribution in [-0.4, -0.2) is 22.1 Å². The summed E-state index contributed by atoms with van der Waals surface area (Å²) in [5.74, 6) is 0.285. The molecule has 2 N–H and O–H groups in total. The first-order chi connectivity index (χ1) is 11.6. The summed E-state index contributed by atoms with van der Waals surface area (Å²) in [6.07, 6.45) is 3.66. The number of carbonyl (C=O) groups is 1. The van der Waals surface area contributed by atoms with E-state index >= 15 is 0 Å². The summed E-state index contributed by atoms with van der Waals surface area (Å²) >= 11 is 0. The third-order valence-electron chi connectivity index (χ3n) is 7.23. The average molecular weight is 344 g/mol. The van der Waals surface area contributed by atoms with Crippen molar-refractivity contribution in [2.75, 3.05) is 0 Å². The molecule has 2 aliphatic rings. The van der Waals surface area contributed by atoms with Gasteiger partial charge in [-0.05, 0) is 72.6 Å². The molecule has 0 bridgehead atoms. The molecule has 2 saturated carbocycles. The molecule has 5 atom stereocenters. The second kappa shape index (κ2) is 6.12. The second-order valence-electron chi connectivity index (χ2n) is 9.46. The predicted molar refractivity (Wildman–Crippen MR) is 99.7 cm³/mol. The van der Waals surface area contributed by atoms with Gasteiger partial charge in [-0.3, -0.25) is 4.79 Å². The quantitative estimate of drug-likeness (QED) is 0.762. The van der Waals surface area contributed by atoms with Gasteiger partial charge in [0.1, 0.15) is 5.75 Å². The summed E-state index contributed by atoms with van der Waals surface area (Å²) in [5.41, 5.74) is 1.50. The Morgan fingerprint density at radius 1 is 1.16 bits per heavy atom. The summed E-state index contributed by atoms with van der Waals surface area (Å²) in [4.78, 5) is 13.5. The van der Waals surface area contributed by atoms with Crippen molar-refractivity contribution in [1.29, 1.82) is 0 Å². The maximum atomic E-state index is 13.5. The van der Waals surface area contributed by atoms with Crippen LogP contribution in [0, 0.1) is 35.5 Å². The molecular formula is C22H32O3. The molecule has 0 aliphatic heterocycles. The zero-order valence-electron chi connectivity index (χ0n) is 16.2. The van der Waals surface area contributed by atoms with Gasteiger partial charge in [0.25, 0.3) is 0 Å². The van der Waals surface area contributed by atoms with Gasteiger partial charge in [0.15, 0.2) is 5.78 Å². The van der Waals surface area contributed by atoms with Crippen molar-refractivity contribution in [3.8, 4) is 5.75 Å². The third-order valence-corrected chi connectivity index (χ3v) is 7.23. The van der Waals surface area contributed by atoms with Gasteiger partial charge < -0.3 is 10.2 Å². The molecule has 0 heterocycles. The first-order valence-electron chi connectivity index (χ1n) is 9.59. The van der Waals surface area contributed by atoms with Crippen LogP contribution >= 0.6 is 0 Å². The van der Waals surface area contributed by atoms with Crippen LogP contribution in [0.15, 0.2) is 18.2 Å². The fraction of sp³-hybridized carbons (Fsp3) is 0.682. The molecule has 138 valence electrons. The van der Waals surface area contributed by atoms with Crippen LogP contribution in [0.3, 0.4) is 0 Å². The van der Waals surface area contributed by atoms with E-state index in [0.717, 1.165) is 31.2 Å². The Balaban J connectivity index is 2.06. The molecule has 1 aromatic carbocycles. The molecule has 0 saturated heterocycles. The number of aromatic hydroxyl groups is 1. The number of ketones is 1. The molecule has 0 radical (unpaired) electrons. The van der Waals surface area contributed by atoms with Crippen LogP contribution < -0.4 is 0 Å². The van der Waals surface area contributed by atoms with Gasteiger partial charge in [-0.25, -0.2) is 0 Å². The molecule has 0 aromatic heterocycles. The lowest BCUT2D eigenvalue weighted by Gasteiger charge is -2.59. The number of aliphatic hydroxyl groups excluding tert-OH is 1. The number of phenolic OH excluding ortho intramolecular Hbond substituents is 1. The summed E-state index contributed by atoms with van der Waals surface area (Å²) in [6, 6.07) is 5.11. The van der Waals surface area contributed by atoms with E-state index < -0.39 is 6.10 Å². The van der Waals surface area contributed by atoms with Crippen LogP contribution in [0.5, 0.6) is 5.75 Å². The number of phenols is 1. The Labute approximate surface area is 151 Å². The van der Waals surface area contributed by atoms with Gasteiger partial charge in [-0.1, -0.05) is 34.1 Å². The lowest BCUT2D eigenvalue weighted by Crippen LogP contribution is -2.57. The molecule has 25 heavy (non-hydrogen) atoms. The Morgan fingerprint density at radius 2 is 1.84 bits per heavy atom. The highest BCUT2D eigenvalue weighted by Gasteiger charge is 2.58. The third kappa shape index (κ3) is 3.01. The van der Waals surface area contributed by atoms with Crippen molar-refractivity contribution in [1.82, 2.24) is 0 Å². The number of fused-ring (bicyclic) bond motifs is 1. The van der Waals surface area contributed by atoms with Crippen molar-refractivity contribution in [3.63, 3.8) is 0 Å². The molecule has 2 aliphatic carbocycles. The van der Waals surface area contributed by atoms with Crippen LogP contribution in [0.2, 0.25) is 0 Å². The van der Waals surface area contributed by atoms with E-state index in [1.165, 1.54) is 0 Å². The number of carbonyl (C=O) groups excluding carboxylic acids is 1. The van der Waals surface area contributed by atoms with Gasteiger partial charge in [0.2, 0.25) is 0 Å². The topological polar surface area (TPSA) is 57.5 Å². The standard InChI is InChI=1S/C22H32O3/c1-13-9-15(11-16(23)10-13)20(25)19-14(2)17(24)12-18-21(3,4)7-6-8-22(18,19)5/h9-11,14,17-19,23-24H,6-8,12H2,1-5H3/t14-,17?,18?,19+,22-/m0/s1. The fourth-order valence-corrected chi connectivity index (χ4v) is 6.03. The molecule has 2 unspecified atom stereocenters. The zero-order valence-corrected chi connectivity index (χ0v) is 16.2. The molecule has 2 fully saturated rings. The van der Waals surface area contributed by atoms with Crippen LogP contribution in [0.25, 0.3) is 0 Å². The van der Waals surface area contributed by atoms with E-state index in [2.05, 4.69) is 20.8 Å². The maximum absolute atomic E-state index is 13.5. The number of aliphatic hydroxyl groups is 1. The van der Waals surface area contributed by atoms with Crippen LogP contribution in [0.1, 0.15) is 69.3 Å². The van der Waals surface area contributed by atoms with Crippen molar-refractivity contribution in [2.24, 2.45) is 28.6 Å². The fourth-order valence-electron chi connectivity index (χ4n) is 6.03. The first kappa shape index (κ1) is 18.4. The minimum atomic E-state index is -0.442. The monoisotopic (exact) mass is 344 g/mol. The SMILES string of the molecule is Cc1cc(O)cc(C(=O)[C@H]2[C@@H](C)C(O)CC3C(C)(C)CCC[C@@]32C)c1. The first-order valence-corrected chi connectivity index (χ1v) is 9.59. The summed E-state index contributed by atoms with van der Waals surface area (Å²) in [7, 11) is 0. The minimum absolute atomic E-state index is 0.0645. The van der Waals surface area contributed by atoms with Gasteiger partial charge in [-0.2, -0.15) is 0 Å². The number of benzene rings is 1. The normalized spacial score (nSPS) is 37.4. The Bertz CT molecular complexity index is 658. The van der Waals surface area contributed by atoms with E-state index in [4.69, 9.17) is 0 Å². The summed E-state index contributed by atoms with van der Waals surface area (Å²) < 4.78 is 0. The zero-order chi connectivity index (χ0) is 18.6. The van der Waals surface area contributed by atoms with Crippen molar-refractivity contribution < 1.29 is 15.0 Å². The number of aryl methyl sites for hydroxylation is 1. The van der Waals surface area contributed by atoms with Crippen LogP contribution in [0.4, 0.5) is 0 Å². The molecule has 1 aromatic rings. The predicted octanol–water partition coefficient (Wildman–Crippen LogP) is 4.73. The van der Waals surface area contributed by atoms with E-state index in [1.807, 2.05) is 19.9 Å².